The molecule has 0 aromatic rings. The molecule has 2 rings (SSSR count). The molecule has 0 spiro atoms. The first-order valence-electron chi connectivity index (χ1n) is 21.3. The van der Waals surface area contributed by atoms with Crippen molar-refractivity contribution in [3.05, 3.63) is 12.2 Å². The van der Waals surface area contributed by atoms with Gasteiger partial charge in [-0.3, -0.25) is 29.0 Å². The molecule has 1 fully saturated rings. The van der Waals surface area contributed by atoms with Gasteiger partial charge in [0.05, 0.1) is 178 Å². The maximum atomic E-state index is 13.0. The molecule has 2 heterocycles. The van der Waals surface area contributed by atoms with E-state index < -0.39 is 5.60 Å². The van der Waals surface area contributed by atoms with Gasteiger partial charge in [0.2, 0.25) is 5.91 Å². The normalized spacial score (nSPS) is 19.5. The lowest BCUT2D eigenvalue weighted by Gasteiger charge is -2.25. The first-order valence-corrected chi connectivity index (χ1v) is 21.3. The molecule has 354 valence electrons. The van der Waals surface area contributed by atoms with Crippen LogP contribution in [0.3, 0.4) is 0 Å². The summed E-state index contributed by atoms with van der Waals surface area (Å²) in [6.45, 7) is 16.7. The summed E-state index contributed by atoms with van der Waals surface area (Å²) < 4.78 is 72.8. The Morgan fingerprint density at radius 3 is 1.25 bits per heavy atom. The fraction of sp³-hybridized carbons (Fsp3) is 0.854. The van der Waals surface area contributed by atoms with Crippen LogP contribution in [0.1, 0.15) is 27.2 Å². The van der Waals surface area contributed by atoms with Gasteiger partial charge in [0.25, 0.3) is 11.8 Å². The smallest absolute Gasteiger partial charge is 0.320 e. The number of imide groups is 1. The van der Waals surface area contributed by atoms with Crippen LogP contribution in [0.15, 0.2) is 12.2 Å². The molecule has 61 heavy (non-hydrogen) atoms. The second kappa shape index (κ2) is 36.8. The lowest BCUT2D eigenvalue weighted by atomic mass is 10.2. The van der Waals surface area contributed by atoms with Crippen LogP contribution >= 0.6 is 0 Å². The fourth-order valence-electron chi connectivity index (χ4n) is 5.33. The van der Waals surface area contributed by atoms with Gasteiger partial charge in [0, 0.05) is 38.3 Å². The Hall–Kier alpha value is -2.70. The maximum absolute atomic E-state index is 13.0. The maximum Gasteiger partial charge on any atom is 0.320 e. The van der Waals surface area contributed by atoms with E-state index in [1.807, 2.05) is 25.7 Å². The number of nitrogens with zero attached hydrogens (tertiary/aromatic N) is 3. The van der Waals surface area contributed by atoms with E-state index in [-0.39, 0.29) is 56.4 Å². The summed E-state index contributed by atoms with van der Waals surface area (Å²) in [6, 6.07) is 0. The molecule has 0 saturated carbocycles. The van der Waals surface area contributed by atoms with Crippen LogP contribution in [-0.2, 0) is 80.8 Å². The van der Waals surface area contributed by atoms with Gasteiger partial charge >= 0.3 is 5.97 Å². The summed E-state index contributed by atoms with van der Waals surface area (Å²) in [5.74, 6) is -1.03. The predicted molar refractivity (Wildman–Crippen MR) is 219 cm³/mol. The molecule has 0 bridgehead atoms. The summed E-state index contributed by atoms with van der Waals surface area (Å²) in [7, 11) is 0. The minimum Gasteiger partial charge on any atom is -0.459 e. The van der Waals surface area contributed by atoms with Crippen LogP contribution in [-0.4, -0.2) is 242 Å². The average molecular weight is 880 g/mol. The third kappa shape index (κ3) is 31.7. The molecule has 0 aromatic carbocycles. The monoisotopic (exact) mass is 879 g/mol. The molecule has 0 aromatic heterocycles. The van der Waals surface area contributed by atoms with E-state index in [2.05, 4.69) is 0 Å². The second-order valence-electron chi connectivity index (χ2n) is 14.5. The number of carbonyl (C=O) groups is 4. The van der Waals surface area contributed by atoms with E-state index in [1.54, 1.807) is 4.90 Å². The molecule has 1 saturated heterocycles. The third-order valence-electron chi connectivity index (χ3n) is 8.41. The van der Waals surface area contributed by atoms with Crippen molar-refractivity contribution in [2.75, 3.05) is 198 Å². The molecule has 0 radical (unpaired) electrons. The van der Waals surface area contributed by atoms with Crippen molar-refractivity contribution in [2.24, 2.45) is 0 Å². The highest BCUT2D eigenvalue weighted by Gasteiger charge is 2.22. The van der Waals surface area contributed by atoms with E-state index in [4.69, 9.17) is 61.6 Å². The third-order valence-corrected chi connectivity index (χ3v) is 8.41. The highest BCUT2D eigenvalue weighted by atomic mass is 16.6. The van der Waals surface area contributed by atoms with Crippen molar-refractivity contribution in [3.63, 3.8) is 0 Å². The van der Waals surface area contributed by atoms with Crippen molar-refractivity contribution in [2.45, 2.75) is 32.8 Å². The number of esters is 1. The van der Waals surface area contributed by atoms with Gasteiger partial charge in [-0.15, -0.1) is 0 Å². The number of amides is 3. The largest absolute Gasteiger partial charge is 0.459 e. The van der Waals surface area contributed by atoms with Crippen LogP contribution in [0.2, 0.25) is 0 Å². The molecule has 0 atom stereocenters. The van der Waals surface area contributed by atoms with Gasteiger partial charge in [-0.1, -0.05) is 0 Å². The van der Waals surface area contributed by atoms with Gasteiger partial charge in [-0.2, -0.15) is 0 Å². The second-order valence-corrected chi connectivity index (χ2v) is 14.5. The Balaban J connectivity index is 1.59. The Labute approximate surface area is 361 Å². The molecule has 2 aliphatic heterocycles. The lowest BCUT2D eigenvalue weighted by molar-refractivity contribution is -0.156. The van der Waals surface area contributed by atoms with Crippen LogP contribution in [0.25, 0.3) is 0 Å². The van der Waals surface area contributed by atoms with Crippen molar-refractivity contribution >= 4 is 23.7 Å². The molecule has 0 N–H and O–H groups in total. The van der Waals surface area contributed by atoms with Crippen LogP contribution in [0.5, 0.6) is 0 Å². The van der Waals surface area contributed by atoms with Crippen molar-refractivity contribution in [3.8, 4) is 0 Å². The average Bonchev–Trinajstić information content (AvgIpc) is 3.54. The van der Waals surface area contributed by atoms with Crippen molar-refractivity contribution in [1.82, 2.24) is 14.7 Å². The van der Waals surface area contributed by atoms with Crippen LogP contribution in [0, 0.1) is 0 Å². The zero-order chi connectivity index (χ0) is 44.1. The van der Waals surface area contributed by atoms with Crippen molar-refractivity contribution < 1.29 is 80.8 Å². The molecule has 2 aliphatic rings. The minimum absolute atomic E-state index is 0.0714. The number of carbonyl (C=O) groups excluding carboxylic acids is 4. The molecule has 0 unspecified atom stereocenters. The summed E-state index contributed by atoms with van der Waals surface area (Å²) >= 11 is 0. The summed E-state index contributed by atoms with van der Waals surface area (Å²) in [4.78, 5) is 53.3. The Morgan fingerprint density at radius 1 is 0.508 bits per heavy atom. The summed E-state index contributed by atoms with van der Waals surface area (Å²) in [5.41, 5.74) is -0.561. The van der Waals surface area contributed by atoms with Gasteiger partial charge < -0.3 is 66.5 Å². The topological polar surface area (TPSA) is 198 Å². The van der Waals surface area contributed by atoms with Crippen molar-refractivity contribution in [1.29, 1.82) is 0 Å². The van der Waals surface area contributed by atoms with E-state index in [9.17, 15) is 19.2 Å². The lowest BCUT2D eigenvalue weighted by Crippen LogP contribution is -2.38. The highest BCUT2D eigenvalue weighted by molar-refractivity contribution is 6.12. The Bertz CT molecular complexity index is 1130. The van der Waals surface area contributed by atoms with Crippen LogP contribution in [0.4, 0.5) is 0 Å². The molecule has 0 aliphatic carbocycles. The number of ether oxygens (including phenoxy) is 13. The molecule has 20 nitrogen and oxygen atoms in total. The van der Waals surface area contributed by atoms with Gasteiger partial charge in [0.1, 0.15) is 5.60 Å². The first-order chi connectivity index (χ1) is 29.7. The van der Waals surface area contributed by atoms with Gasteiger partial charge in [-0.25, -0.2) is 0 Å². The molecular weight excluding hydrogens is 806 g/mol. The standard InChI is InChI=1S/C41H73N3O17/c1-41(2,3)61-40(48)36-42-7-13-50-19-25-56-32-34-58-27-21-52-15-9-43(10-16-53-22-28-59-35-33-57-26-20-51-14-8-42)37(45)6-12-49-18-24-55-30-31-60-29-23-54-17-11-44-38(46)4-5-39(44)47/h4-5H,6-36H2,1-3H3. The first kappa shape index (κ1) is 54.4. The molecule has 3 amide bonds. The van der Waals surface area contributed by atoms with Crippen LogP contribution < -0.4 is 0 Å². The number of hydrogen-bond acceptors (Lipinski definition) is 18. The quantitative estimate of drug-likeness (QED) is 0.107. The SMILES string of the molecule is CC(C)(C)OC(=O)CN1CCOCCOCCOCCOCCN(C(=O)CCOCCOCCOCCOCCN2C(=O)C=CC2=O)CCOCCOCCOCCOCC1. The predicted octanol–water partition coefficient (Wildman–Crippen LogP) is -0.0134. The minimum atomic E-state index is -0.561. The molecular formula is C41H73N3O17. The van der Waals surface area contributed by atoms with E-state index in [0.717, 1.165) is 4.90 Å². The number of rotatable bonds is 17. The Kier molecular flexibility index (Phi) is 32.8. The fourth-order valence-corrected chi connectivity index (χ4v) is 5.33. The molecule has 20 heteroatoms. The highest BCUT2D eigenvalue weighted by Crippen LogP contribution is 2.08. The van der Waals surface area contributed by atoms with E-state index in [0.29, 0.717) is 172 Å². The zero-order valence-electron chi connectivity index (χ0n) is 36.9. The van der Waals surface area contributed by atoms with E-state index >= 15 is 0 Å². The Morgan fingerprint density at radius 2 is 0.852 bits per heavy atom. The zero-order valence-corrected chi connectivity index (χ0v) is 36.9. The van der Waals surface area contributed by atoms with E-state index in [1.165, 1.54) is 12.2 Å². The summed E-state index contributed by atoms with van der Waals surface area (Å²) in [5, 5.41) is 0. The summed E-state index contributed by atoms with van der Waals surface area (Å²) in [6.07, 6.45) is 2.69. The number of hydrogen-bond donors (Lipinski definition) is 0. The van der Waals surface area contributed by atoms with Gasteiger partial charge in [0.15, 0.2) is 0 Å². The van der Waals surface area contributed by atoms with Gasteiger partial charge in [-0.05, 0) is 20.8 Å².